The third-order valence-electron chi connectivity index (χ3n) is 3.17. The molecule has 0 aliphatic rings. The van der Waals surface area contributed by atoms with Crippen molar-refractivity contribution in [3.8, 4) is 5.69 Å². The minimum Gasteiger partial charge on any atom is -0.461 e. The topological polar surface area (TPSA) is 93.5 Å². The van der Waals surface area contributed by atoms with Crippen molar-refractivity contribution in [1.29, 1.82) is 0 Å². The van der Waals surface area contributed by atoms with E-state index in [1.165, 1.54) is 30.1 Å². The number of nitrogens with one attached hydrogen (secondary N) is 1. The van der Waals surface area contributed by atoms with Gasteiger partial charge in [-0.25, -0.2) is 14.2 Å². The van der Waals surface area contributed by atoms with Gasteiger partial charge in [-0.3, -0.25) is 9.36 Å². The summed E-state index contributed by atoms with van der Waals surface area (Å²) >= 11 is 0. The molecule has 1 aromatic carbocycles. The number of aliphatic hydroxyl groups excluding tert-OH is 1. The van der Waals surface area contributed by atoms with Gasteiger partial charge in [0.1, 0.15) is 12.1 Å². The number of imidazole rings is 1. The van der Waals surface area contributed by atoms with E-state index in [1.54, 1.807) is 6.92 Å². The molecular formula is C15H16FN3O4. The summed E-state index contributed by atoms with van der Waals surface area (Å²) in [6, 6.07) is 3.61. The molecule has 1 aromatic heterocycles. The molecule has 8 heteroatoms. The van der Waals surface area contributed by atoms with Crippen molar-refractivity contribution in [3.05, 3.63) is 47.3 Å². The zero-order chi connectivity index (χ0) is 17.0. The van der Waals surface area contributed by atoms with Crippen LogP contribution in [0.3, 0.4) is 0 Å². The number of amides is 1. The van der Waals surface area contributed by atoms with Gasteiger partial charge in [-0.15, -0.1) is 0 Å². The largest absolute Gasteiger partial charge is 0.461 e. The van der Waals surface area contributed by atoms with Crippen LogP contribution < -0.4 is 5.32 Å². The van der Waals surface area contributed by atoms with Crippen molar-refractivity contribution in [2.24, 2.45) is 0 Å². The first-order valence-corrected chi connectivity index (χ1v) is 6.89. The summed E-state index contributed by atoms with van der Waals surface area (Å²) < 4.78 is 19.7. The maximum atomic E-state index is 13.4. The Labute approximate surface area is 131 Å². The van der Waals surface area contributed by atoms with E-state index in [-0.39, 0.29) is 29.2 Å². The molecule has 0 fully saturated rings. The smallest absolute Gasteiger partial charge is 0.358 e. The SMILES string of the molecule is CCOC(=O)c1ncn(-c2ccc(F)cc2C(=O)NC)c1CO. The van der Waals surface area contributed by atoms with E-state index in [2.05, 4.69) is 10.3 Å². The second-order valence-electron chi connectivity index (χ2n) is 4.53. The third-order valence-corrected chi connectivity index (χ3v) is 3.17. The number of hydrogen-bond acceptors (Lipinski definition) is 5. The van der Waals surface area contributed by atoms with E-state index in [1.807, 2.05) is 0 Å². The van der Waals surface area contributed by atoms with Gasteiger partial charge in [-0.2, -0.15) is 0 Å². The van der Waals surface area contributed by atoms with Gasteiger partial charge in [0.2, 0.25) is 0 Å². The van der Waals surface area contributed by atoms with E-state index in [0.717, 1.165) is 6.07 Å². The number of esters is 1. The Hall–Kier alpha value is -2.74. The Balaban J connectivity index is 2.59. The van der Waals surface area contributed by atoms with Crippen LogP contribution in [0.15, 0.2) is 24.5 Å². The summed E-state index contributed by atoms with van der Waals surface area (Å²) in [5.74, 6) is -1.77. The van der Waals surface area contributed by atoms with E-state index >= 15 is 0 Å². The number of hydrogen-bond donors (Lipinski definition) is 2. The van der Waals surface area contributed by atoms with Crippen LogP contribution in [-0.2, 0) is 11.3 Å². The number of aliphatic hydroxyl groups is 1. The van der Waals surface area contributed by atoms with Crippen molar-refractivity contribution >= 4 is 11.9 Å². The standard InChI is InChI=1S/C15H16FN3O4/c1-3-23-15(22)13-12(7-20)19(8-18-13)11-5-4-9(16)6-10(11)14(21)17-2/h4-6,8,20H,3,7H2,1-2H3,(H,17,21). The van der Waals surface area contributed by atoms with Crippen LogP contribution in [0.1, 0.15) is 33.5 Å². The lowest BCUT2D eigenvalue weighted by Gasteiger charge is -2.12. The zero-order valence-electron chi connectivity index (χ0n) is 12.7. The number of aromatic nitrogens is 2. The molecular weight excluding hydrogens is 305 g/mol. The van der Waals surface area contributed by atoms with Crippen molar-refractivity contribution in [2.75, 3.05) is 13.7 Å². The monoisotopic (exact) mass is 321 g/mol. The van der Waals surface area contributed by atoms with Gasteiger partial charge in [0.25, 0.3) is 5.91 Å². The Morgan fingerprint density at radius 2 is 2.17 bits per heavy atom. The average Bonchev–Trinajstić information content (AvgIpc) is 2.98. The van der Waals surface area contributed by atoms with Gasteiger partial charge < -0.3 is 15.2 Å². The zero-order valence-corrected chi connectivity index (χ0v) is 12.7. The maximum Gasteiger partial charge on any atom is 0.358 e. The highest BCUT2D eigenvalue weighted by Gasteiger charge is 2.22. The molecule has 2 N–H and O–H groups in total. The molecule has 0 saturated carbocycles. The number of nitrogens with zero attached hydrogens (tertiary/aromatic N) is 2. The summed E-state index contributed by atoms with van der Waals surface area (Å²) in [4.78, 5) is 27.7. The lowest BCUT2D eigenvalue weighted by atomic mass is 10.1. The molecule has 0 saturated heterocycles. The van der Waals surface area contributed by atoms with Crippen molar-refractivity contribution in [2.45, 2.75) is 13.5 Å². The molecule has 0 bridgehead atoms. The molecule has 1 amide bonds. The molecule has 122 valence electrons. The molecule has 0 atom stereocenters. The van der Waals surface area contributed by atoms with Crippen LogP contribution in [0, 0.1) is 5.82 Å². The molecule has 2 aromatic rings. The van der Waals surface area contributed by atoms with Crippen molar-refractivity contribution in [1.82, 2.24) is 14.9 Å². The Kier molecular flexibility index (Phi) is 5.07. The summed E-state index contributed by atoms with van der Waals surface area (Å²) in [7, 11) is 1.42. The summed E-state index contributed by atoms with van der Waals surface area (Å²) in [6.45, 7) is 1.31. The summed E-state index contributed by atoms with van der Waals surface area (Å²) in [5.41, 5.74) is 0.439. The van der Waals surface area contributed by atoms with Crippen LogP contribution in [0.2, 0.25) is 0 Å². The number of ether oxygens (including phenoxy) is 1. The van der Waals surface area contributed by atoms with Gasteiger partial charge in [0, 0.05) is 7.05 Å². The van der Waals surface area contributed by atoms with Crippen LogP contribution >= 0.6 is 0 Å². The molecule has 23 heavy (non-hydrogen) atoms. The number of carbonyl (C=O) groups excluding carboxylic acids is 2. The van der Waals surface area contributed by atoms with E-state index in [4.69, 9.17) is 4.74 Å². The van der Waals surface area contributed by atoms with Gasteiger partial charge in [-0.1, -0.05) is 0 Å². The molecule has 0 aliphatic heterocycles. The van der Waals surface area contributed by atoms with E-state index < -0.39 is 24.3 Å². The number of carbonyl (C=O) groups is 2. The molecule has 2 rings (SSSR count). The maximum absolute atomic E-state index is 13.4. The molecule has 1 heterocycles. The number of halogens is 1. The first kappa shape index (κ1) is 16.6. The normalized spacial score (nSPS) is 10.4. The predicted octanol–water partition coefficient (Wildman–Crippen LogP) is 1.04. The Bertz CT molecular complexity index is 742. The lowest BCUT2D eigenvalue weighted by molar-refractivity contribution is 0.0516. The van der Waals surface area contributed by atoms with Crippen molar-refractivity contribution in [3.63, 3.8) is 0 Å². The third kappa shape index (κ3) is 3.21. The van der Waals surface area contributed by atoms with Gasteiger partial charge in [0.15, 0.2) is 5.69 Å². The summed E-state index contributed by atoms with van der Waals surface area (Å²) in [5, 5.41) is 12.0. The van der Waals surface area contributed by atoms with Crippen molar-refractivity contribution < 1.29 is 23.8 Å². The second kappa shape index (κ2) is 7.01. The summed E-state index contributed by atoms with van der Waals surface area (Å²) in [6.07, 6.45) is 1.28. The highest BCUT2D eigenvalue weighted by molar-refractivity contribution is 5.98. The fraction of sp³-hybridized carbons (Fsp3) is 0.267. The molecule has 0 radical (unpaired) electrons. The molecule has 0 aliphatic carbocycles. The van der Waals surface area contributed by atoms with E-state index in [9.17, 15) is 19.1 Å². The van der Waals surface area contributed by atoms with Gasteiger partial charge in [-0.05, 0) is 25.1 Å². The fourth-order valence-electron chi connectivity index (χ4n) is 2.14. The quantitative estimate of drug-likeness (QED) is 0.803. The lowest BCUT2D eigenvalue weighted by Crippen LogP contribution is -2.21. The highest BCUT2D eigenvalue weighted by atomic mass is 19.1. The first-order chi connectivity index (χ1) is 11.0. The Morgan fingerprint density at radius 1 is 1.43 bits per heavy atom. The highest BCUT2D eigenvalue weighted by Crippen LogP contribution is 2.21. The van der Waals surface area contributed by atoms with E-state index in [0.29, 0.717) is 0 Å². The van der Waals surface area contributed by atoms with Gasteiger partial charge in [0.05, 0.1) is 30.2 Å². The van der Waals surface area contributed by atoms with Crippen LogP contribution in [-0.4, -0.2) is 40.2 Å². The van der Waals surface area contributed by atoms with Crippen LogP contribution in [0.5, 0.6) is 0 Å². The van der Waals surface area contributed by atoms with Crippen LogP contribution in [0.4, 0.5) is 4.39 Å². The molecule has 0 spiro atoms. The predicted molar refractivity (Wildman–Crippen MR) is 78.8 cm³/mol. The average molecular weight is 321 g/mol. The number of benzene rings is 1. The van der Waals surface area contributed by atoms with Crippen LogP contribution in [0.25, 0.3) is 5.69 Å². The first-order valence-electron chi connectivity index (χ1n) is 6.89. The fourth-order valence-corrected chi connectivity index (χ4v) is 2.14. The van der Waals surface area contributed by atoms with Gasteiger partial charge >= 0.3 is 5.97 Å². The molecule has 7 nitrogen and oxygen atoms in total. The molecule has 0 unspecified atom stereocenters. The second-order valence-corrected chi connectivity index (χ2v) is 4.53. The minimum absolute atomic E-state index is 0.0509. The Morgan fingerprint density at radius 3 is 2.78 bits per heavy atom. The number of rotatable bonds is 5. The minimum atomic E-state index is -0.682.